The number of alkyl halides is 1. The summed E-state index contributed by atoms with van der Waals surface area (Å²) < 4.78 is 1.93. The zero-order valence-corrected chi connectivity index (χ0v) is 16.2. The number of hydrogen-bond acceptors (Lipinski definition) is 3. The first-order valence-electron chi connectivity index (χ1n) is 8.77. The standard InChI is InChI=1S/C19H25ClN4O2/c1-4-5-11-24-14(3)18(13(2)23-24)22-19(26)15-7-6-8-16(12-15)21-17(25)9-10-20/h6-8,12H,4-5,9-11H2,1-3H3,(H,21,25)(H,22,26). The predicted molar refractivity (Wildman–Crippen MR) is 105 cm³/mol. The molecule has 7 heteroatoms. The number of nitrogens with one attached hydrogen (secondary N) is 2. The van der Waals surface area contributed by atoms with Gasteiger partial charge in [-0.25, -0.2) is 0 Å². The second-order valence-electron chi connectivity index (χ2n) is 6.14. The van der Waals surface area contributed by atoms with Gasteiger partial charge < -0.3 is 10.6 Å². The zero-order chi connectivity index (χ0) is 19.1. The number of anilines is 2. The van der Waals surface area contributed by atoms with Crippen LogP contribution in [0.2, 0.25) is 0 Å². The van der Waals surface area contributed by atoms with Crippen molar-refractivity contribution in [2.24, 2.45) is 0 Å². The van der Waals surface area contributed by atoms with E-state index in [0.717, 1.165) is 36.5 Å². The molecule has 1 aromatic carbocycles. The van der Waals surface area contributed by atoms with E-state index in [4.69, 9.17) is 11.6 Å². The van der Waals surface area contributed by atoms with Gasteiger partial charge in [-0.2, -0.15) is 5.10 Å². The molecule has 0 unspecified atom stereocenters. The Morgan fingerprint density at radius 1 is 1.23 bits per heavy atom. The number of amides is 2. The fraction of sp³-hybridized carbons (Fsp3) is 0.421. The van der Waals surface area contributed by atoms with Crippen LogP contribution in [0.1, 0.15) is 47.9 Å². The van der Waals surface area contributed by atoms with Gasteiger partial charge in [-0.3, -0.25) is 14.3 Å². The number of hydrogen-bond donors (Lipinski definition) is 2. The predicted octanol–water partition coefficient (Wildman–Crippen LogP) is 4.12. The minimum Gasteiger partial charge on any atom is -0.326 e. The number of carbonyl (C=O) groups excluding carboxylic acids is 2. The SMILES string of the molecule is CCCCn1nc(C)c(NC(=O)c2cccc(NC(=O)CCCl)c2)c1C. The van der Waals surface area contributed by atoms with E-state index in [0.29, 0.717) is 11.3 Å². The molecule has 0 spiro atoms. The van der Waals surface area contributed by atoms with E-state index in [1.807, 2.05) is 18.5 Å². The van der Waals surface area contributed by atoms with Gasteiger partial charge in [-0.1, -0.05) is 19.4 Å². The molecule has 0 bridgehead atoms. The maximum atomic E-state index is 12.6. The Kier molecular flexibility index (Phi) is 7.21. The quantitative estimate of drug-likeness (QED) is 0.680. The van der Waals surface area contributed by atoms with Gasteiger partial charge >= 0.3 is 0 Å². The first-order chi connectivity index (χ1) is 12.5. The summed E-state index contributed by atoms with van der Waals surface area (Å²) in [5.74, 6) is -0.159. The van der Waals surface area contributed by atoms with E-state index in [2.05, 4.69) is 22.7 Å². The molecule has 6 nitrogen and oxygen atoms in total. The molecule has 0 radical (unpaired) electrons. The van der Waals surface area contributed by atoms with Crippen molar-refractivity contribution in [1.29, 1.82) is 0 Å². The summed E-state index contributed by atoms with van der Waals surface area (Å²) in [5.41, 5.74) is 3.51. The van der Waals surface area contributed by atoms with Gasteiger partial charge in [0.25, 0.3) is 5.91 Å². The second-order valence-corrected chi connectivity index (χ2v) is 6.52. The lowest BCUT2D eigenvalue weighted by molar-refractivity contribution is -0.115. The van der Waals surface area contributed by atoms with Gasteiger partial charge in [0.2, 0.25) is 5.91 Å². The van der Waals surface area contributed by atoms with Crippen molar-refractivity contribution < 1.29 is 9.59 Å². The van der Waals surface area contributed by atoms with Gasteiger partial charge in [0.05, 0.1) is 17.1 Å². The van der Waals surface area contributed by atoms with Crippen LogP contribution in [0.4, 0.5) is 11.4 Å². The minimum atomic E-state index is -0.236. The Morgan fingerprint density at radius 3 is 2.69 bits per heavy atom. The lowest BCUT2D eigenvalue weighted by Crippen LogP contribution is -2.15. The molecule has 0 aliphatic rings. The van der Waals surface area contributed by atoms with Gasteiger partial charge in [0.1, 0.15) is 0 Å². The molecular formula is C19H25ClN4O2. The van der Waals surface area contributed by atoms with Crippen LogP contribution in [0, 0.1) is 13.8 Å². The largest absolute Gasteiger partial charge is 0.326 e. The third kappa shape index (κ3) is 5.08. The highest BCUT2D eigenvalue weighted by Gasteiger charge is 2.15. The summed E-state index contributed by atoms with van der Waals surface area (Å²) in [4.78, 5) is 24.3. The molecule has 0 saturated carbocycles. The first-order valence-corrected chi connectivity index (χ1v) is 9.31. The molecule has 140 valence electrons. The third-order valence-electron chi connectivity index (χ3n) is 4.07. The Morgan fingerprint density at radius 2 is 2.00 bits per heavy atom. The monoisotopic (exact) mass is 376 g/mol. The Balaban J connectivity index is 2.13. The van der Waals surface area contributed by atoms with Crippen molar-refractivity contribution in [1.82, 2.24) is 9.78 Å². The molecule has 0 atom stereocenters. The van der Waals surface area contributed by atoms with Gasteiger partial charge in [-0.05, 0) is 38.5 Å². The average molecular weight is 377 g/mol. The smallest absolute Gasteiger partial charge is 0.255 e. The Labute approximate surface area is 158 Å². The summed E-state index contributed by atoms with van der Waals surface area (Å²) in [6.45, 7) is 6.80. The summed E-state index contributed by atoms with van der Waals surface area (Å²) in [6, 6.07) is 6.82. The van der Waals surface area contributed by atoms with E-state index in [9.17, 15) is 9.59 Å². The zero-order valence-electron chi connectivity index (χ0n) is 15.4. The maximum absolute atomic E-state index is 12.6. The molecule has 2 rings (SSSR count). The third-order valence-corrected chi connectivity index (χ3v) is 4.26. The van der Waals surface area contributed by atoms with E-state index in [1.165, 1.54) is 0 Å². The second kappa shape index (κ2) is 9.38. The van der Waals surface area contributed by atoms with E-state index >= 15 is 0 Å². The first kappa shape index (κ1) is 20.0. The van der Waals surface area contributed by atoms with Crippen LogP contribution in [0.3, 0.4) is 0 Å². The number of aromatic nitrogens is 2. The highest BCUT2D eigenvalue weighted by Crippen LogP contribution is 2.21. The molecule has 2 amide bonds. The normalized spacial score (nSPS) is 10.6. The summed E-state index contributed by atoms with van der Waals surface area (Å²) in [5, 5.41) is 10.2. The number of carbonyl (C=O) groups is 2. The fourth-order valence-electron chi connectivity index (χ4n) is 2.64. The van der Waals surface area contributed by atoms with Crippen LogP contribution in [0.15, 0.2) is 24.3 Å². The molecule has 0 saturated heterocycles. The maximum Gasteiger partial charge on any atom is 0.255 e. The van der Waals surface area contributed by atoms with Crippen molar-refractivity contribution in [2.75, 3.05) is 16.5 Å². The molecule has 2 aromatic rings. The molecule has 1 heterocycles. The van der Waals surface area contributed by atoms with Gasteiger partial charge in [0, 0.05) is 30.1 Å². The minimum absolute atomic E-state index is 0.179. The topological polar surface area (TPSA) is 76.0 Å². The summed E-state index contributed by atoms with van der Waals surface area (Å²) >= 11 is 5.57. The van der Waals surface area contributed by atoms with E-state index in [-0.39, 0.29) is 24.1 Å². The van der Waals surface area contributed by atoms with Crippen molar-refractivity contribution in [3.8, 4) is 0 Å². The number of rotatable bonds is 8. The van der Waals surface area contributed by atoms with Crippen molar-refractivity contribution >= 4 is 34.8 Å². The van der Waals surface area contributed by atoms with Gasteiger partial charge in [0.15, 0.2) is 0 Å². The molecule has 0 fully saturated rings. The molecule has 0 aliphatic carbocycles. The number of nitrogens with zero attached hydrogens (tertiary/aromatic N) is 2. The van der Waals surface area contributed by atoms with Crippen molar-refractivity contribution in [3.05, 3.63) is 41.2 Å². The summed E-state index contributed by atoms with van der Waals surface area (Å²) in [7, 11) is 0. The lowest BCUT2D eigenvalue weighted by Gasteiger charge is -2.09. The molecule has 0 aliphatic heterocycles. The van der Waals surface area contributed by atoms with E-state index in [1.54, 1.807) is 24.3 Å². The number of benzene rings is 1. The highest BCUT2D eigenvalue weighted by molar-refractivity contribution is 6.19. The highest BCUT2D eigenvalue weighted by atomic mass is 35.5. The number of halogens is 1. The summed E-state index contributed by atoms with van der Waals surface area (Å²) in [6.07, 6.45) is 2.36. The molecular weight excluding hydrogens is 352 g/mol. The number of aryl methyl sites for hydroxylation is 2. The van der Waals surface area contributed by atoms with Crippen LogP contribution in [0.5, 0.6) is 0 Å². The van der Waals surface area contributed by atoms with Crippen LogP contribution >= 0.6 is 11.6 Å². The van der Waals surface area contributed by atoms with Crippen molar-refractivity contribution in [3.63, 3.8) is 0 Å². The average Bonchev–Trinajstić information content (AvgIpc) is 2.87. The van der Waals surface area contributed by atoms with E-state index < -0.39 is 0 Å². The van der Waals surface area contributed by atoms with Crippen LogP contribution in [0.25, 0.3) is 0 Å². The fourth-order valence-corrected chi connectivity index (χ4v) is 2.81. The van der Waals surface area contributed by atoms with Gasteiger partial charge in [-0.15, -0.1) is 11.6 Å². The molecule has 26 heavy (non-hydrogen) atoms. The Hall–Kier alpha value is -2.34. The van der Waals surface area contributed by atoms with Crippen LogP contribution in [-0.4, -0.2) is 27.5 Å². The molecule has 1 aromatic heterocycles. The Bertz CT molecular complexity index is 786. The lowest BCUT2D eigenvalue weighted by atomic mass is 10.1. The van der Waals surface area contributed by atoms with Crippen LogP contribution < -0.4 is 10.6 Å². The number of unbranched alkanes of at least 4 members (excludes halogenated alkanes) is 1. The van der Waals surface area contributed by atoms with Crippen molar-refractivity contribution in [2.45, 2.75) is 46.6 Å². The van der Waals surface area contributed by atoms with Crippen LogP contribution in [-0.2, 0) is 11.3 Å². The molecule has 2 N–H and O–H groups in total.